The maximum atomic E-state index is 9.86. The summed E-state index contributed by atoms with van der Waals surface area (Å²) in [4.78, 5) is 0. The summed E-state index contributed by atoms with van der Waals surface area (Å²) in [5.41, 5.74) is 2.19. The lowest BCUT2D eigenvalue weighted by molar-refractivity contribution is 0.467. The van der Waals surface area contributed by atoms with Crippen molar-refractivity contribution in [2.45, 2.75) is 38.5 Å². The van der Waals surface area contributed by atoms with Gasteiger partial charge in [0.05, 0.1) is 0 Å². The zero-order valence-corrected chi connectivity index (χ0v) is 17.1. The molecule has 1 unspecified atom stereocenters. The third-order valence-electron chi connectivity index (χ3n) is 4.35. The van der Waals surface area contributed by atoms with Crippen LogP contribution < -0.4 is 5.19 Å². The Hall–Kier alpha value is -1.63. The summed E-state index contributed by atoms with van der Waals surface area (Å²) in [7, 11) is -3.05. The Morgan fingerprint density at radius 1 is 1.12 bits per heavy atom. The van der Waals surface area contributed by atoms with Crippen molar-refractivity contribution in [2.24, 2.45) is 0 Å². The van der Waals surface area contributed by atoms with Crippen molar-refractivity contribution in [1.29, 1.82) is 0 Å². The quantitative estimate of drug-likeness (QED) is 0.708. The Balaban J connectivity index is 1.87. The SMILES string of the molecule is C=Cc1ccc([SiH](C)O[Si](C)(C)CCCc2ccccc2O)cc1. The van der Waals surface area contributed by atoms with Crippen LogP contribution in [0.2, 0.25) is 25.7 Å². The summed E-state index contributed by atoms with van der Waals surface area (Å²) >= 11 is 0. The number of phenols is 1. The van der Waals surface area contributed by atoms with Gasteiger partial charge in [-0.2, -0.15) is 0 Å². The Bertz CT molecular complexity index is 666. The summed E-state index contributed by atoms with van der Waals surface area (Å²) in [5.74, 6) is 0.406. The number of phenolic OH excluding ortho intramolecular Hbond substituents is 1. The first-order valence-electron chi connectivity index (χ1n) is 8.58. The molecule has 24 heavy (non-hydrogen) atoms. The molecule has 128 valence electrons. The third kappa shape index (κ3) is 5.47. The third-order valence-corrected chi connectivity index (χ3v) is 11.2. The lowest BCUT2D eigenvalue weighted by Crippen LogP contribution is -2.42. The summed E-state index contributed by atoms with van der Waals surface area (Å²) in [5, 5.41) is 11.2. The molecule has 0 heterocycles. The Labute approximate surface area is 148 Å². The minimum absolute atomic E-state index is 0.406. The van der Waals surface area contributed by atoms with Gasteiger partial charge in [-0.3, -0.25) is 0 Å². The van der Waals surface area contributed by atoms with Crippen LogP contribution in [-0.2, 0) is 10.5 Å². The molecular weight excluding hydrogens is 328 g/mol. The Kier molecular flexibility index (Phi) is 6.60. The standard InChI is InChI=1S/C20H28O2Si2/c1-5-17-12-14-19(15-13-17)23(2)22-24(3,4)16-8-10-18-9-6-7-11-20(18)21/h5-7,9,11-15,21,23H,1,8,10,16H2,2-4H3. The van der Waals surface area contributed by atoms with E-state index < -0.39 is 17.4 Å². The molecule has 0 aliphatic heterocycles. The van der Waals surface area contributed by atoms with Crippen molar-refractivity contribution in [3.63, 3.8) is 0 Å². The van der Waals surface area contributed by atoms with Gasteiger partial charge in [0.1, 0.15) is 5.75 Å². The van der Waals surface area contributed by atoms with Gasteiger partial charge in [0.15, 0.2) is 17.4 Å². The molecule has 0 aromatic heterocycles. The van der Waals surface area contributed by atoms with Gasteiger partial charge in [-0.05, 0) is 60.9 Å². The fourth-order valence-corrected chi connectivity index (χ4v) is 9.54. The first-order valence-corrected chi connectivity index (χ1v) is 13.9. The van der Waals surface area contributed by atoms with E-state index in [9.17, 15) is 5.11 Å². The number of rotatable bonds is 8. The summed E-state index contributed by atoms with van der Waals surface area (Å²) in [6.07, 6.45) is 3.85. The minimum atomic E-state index is -1.68. The molecule has 0 bridgehead atoms. The lowest BCUT2D eigenvalue weighted by atomic mass is 10.1. The van der Waals surface area contributed by atoms with Crippen molar-refractivity contribution in [2.75, 3.05) is 0 Å². The van der Waals surface area contributed by atoms with Crippen LogP contribution in [0.4, 0.5) is 0 Å². The molecule has 2 nitrogen and oxygen atoms in total. The summed E-state index contributed by atoms with van der Waals surface area (Å²) < 4.78 is 6.56. The molecule has 0 fully saturated rings. The molecule has 1 atom stereocenters. The van der Waals surface area contributed by atoms with Crippen molar-refractivity contribution in [3.8, 4) is 5.75 Å². The van der Waals surface area contributed by atoms with Gasteiger partial charge in [0, 0.05) is 0 Å². The lowest BCUT2D eigenvalue weighted by Gasteiger charge is -2.27. The molecule has 1 N–H and O–H groups in total. The zero-order chi connectivity index (χ0) is 17.6. The summed E-state index contributed by atoms with van der Waals surface area (Å²) in [6, 6.07) is 17.3. The van der Waals surface area contributed by atoms with E-state index in [4.69, 9.17) is 4.12 Å². The number of para-hydroxylation sites is 1. The second-order valence-electron chi connectivity index (χ2n) is 6.87. The van der Waals surface area contributed by atoms with E-state index in [1.54, 1.807) is 6.07 Å². The highest BCUT2D eigenvalue weighted by atomic mass is 28.4. The molecule has 0 saturated carbocycles. The van der Waals surface area contributed by atoms with E-state index >= 15 is 0 Å². The van der Waals surface area contributed by atoms with Gasteiger partial charge >= 0.3 is 0 Å². The van der Waals surface area contributed by atoms with Gasteiger partial charge in [0.25, 0.3) is 0 Å². The highest BCUT2D eigenvalue weighted by Crippen LogP contribution is 2.21. The van der Waals surface area contributed by atoms with Crippen molar-refractivity contribution >= 4 is 28.6 Å². The highest BCUT2D eigenvalue weighted by Gasteiger charge is 2.25. The van der Waals surface area contributed by atoms with Gasteiger partial charge in [-0.25, -0.2) is 0 Å². The topological polar surface area (TPSA) is 29.5 Å². The van der Waals surface area contributed by atoms with Crippen LogP contribution in [0.1, 0.15) is 17.5 Å². The fourth-order valence-electron chi connectivity index (χ4n) is 2.94. The first-order chi connectivity index (χ1) is 11.4. The molecule has 0 aliphatic rings. The van der Waals surface area contributed by atoms with E-state index in [2.05, 4.69) is 50.5 Å². The number of hydrogen-bond acceptors (Lipinski definition) is 2. The average Bonchev–Trinajstić information content (AvgIpc) is 2.56. The van der Waals surface area contributed by atoms with Gasteiger partial charge < -0.3 is 9.22 Å². The van der Waals surface area contributed by atoms with Crippen LogP contribution >= 0.6 is 0 Å². The molecule has 0 radical (unpaired) electrons. The molecule has 0 saturated heterocycles. The molecule has 2 rings (SSSR count). The molecule has 0 amide bonds. The predicted octanol–water partition coefficient (Wildman–Crippen LogP) is 4.45. The Morgan fingerprint density at radius 2 is 1.79 bits per heavy atom. The highest BCUT2D eigenvalue weighted by molar-refractivity contribution is 6.82. The largest absolute Gasteiger partial charge is 0.508 e. The molecule has 4 heteroatoms. The molecular formula is C20H28O2Si2. The maximum absolute atomic E-state index is 9.86. The smallest absolute Gasteiger partial charge is 0.192 e. The van der Waals surface area contributed by atoms with Crippen molar-refractivity contribution in [1.82, 2.24) is 0 Å². The molecule has 0 aliphatic carbocycles. The average molecular weight is 357 g/mol. The summed E-state index contributed by atoms with van der Waals surface area (Å²) in [6.45, 7) is 10.7. The van der Waals surface area contributed by atoms with Crippen LogP contribution in [0.25, 0.3) is 6.08 Å². The van der Waals surface area contributed by atoms with E-state index in [-0.39, 0.29) is 0 Å². The van der Waals surface area contributed by atoms with Crippen LogP contribution in [0.15, 0.2) is 55.1 Å². The monoisotopic (exact) mass is 356 g/mol. The number of aryl methyl sites for hydroxylation is 1. The fraction of sp³-hybridized carbons (Fsp3) is 0.300. The second kappa shape index (κ2) is 8.47. The molecule has 2 aromatic carbocycles. The second-order valence-corrected chi connectivity index (χ2v) is 13.8. The Morgan fingerprint density at radius 3 is 2.42 bits per heavy atom. The number of benzene rings is 2. The van der Waals surface area contributed by atoms with E-state index in [0.717, 1.165) is 30.0 Å². The van der Waals surface area contributed by atoms with Crippen molar-refractivity contribution < 1.29 is 9.22 Å². The zero-order valence-electron chi connectivity index (χ0n) is 15.0. The van der Waals surface area contributed by atoms with E-state index in [1.165, 1.54) is 5.19 Å². The van der Waals surface area contributed by atoms with Crippen LogP contribution in [0.3, 0.4) is 0 Å². The van der Waals surface area contributed by atoms with E-state index in [1.807, 2.05) is 24.3 Å². The van der Waals surface area contributed by atoms with E-state index in [0.29, 0.717) is 5.75 Å². The van der Waals surface area contributed by atoms with Gasteiger partial charge in [0.2, 0.25) is 0 Å². The minimum Gasteiger partial charge on any atom is -0.508 e. The molecule has 2 aromatic rings. The first kappa shape index (κ1) is 18.7. The molecule has 0 spiro atoms. The van der Waals surface area contributed by atoms with Gasteiger partial charge in [-0.15, -0.1) is 0 Å². The predicted molar refractivity (Wildman–Crippen MR) is 109 cm³/mol. The van der Waals surface area contributed by atoms with Crippen LogP contribution in [-0.4, -0.2) is 22.5 Å². The number of hydrogen-bond donors (Lipinski definition) is 1. The maximum Gasteiger partial charge on any atom is 0.192 e. The number of aromatic hydroxyl groups is 1. The van der Waals surface area contributed by atoms with Gasteiger partial charge in [-0.1, -0.05) is 55.1 Å². The normalized spacial score (nSPS) is 12.8. The van der Waals surface area contributed by atoms with Crippen LogP contribution in [0, 0.1) is 0 Å². The van der Waals surface area contributed by atoms with Crippen molar-refractivity contribution in [3.05, 3.63) is 66.2 Å². The van der Waals surface area contributed by atoms with Crippen LogP contribution in [0.5, 0.6) is 5.75 Å².